The van der Waals surface area contributed by atoms with Crippen molar-refractivity contribution in [3.63, 3.8) is 0 Å². The lowest BCUT2D eigenvalue weighted by molar-refractivity contribution is -0.114. The van der Waals surface area contributed by atoms with Gasteiger partial charge in [-0.1, -0.05) is 0 Å². The number of aryl methyl sites for hydroxylation is 1. The van der Waals surface area contributed by atoms with Crippen molar-refractivity contribution in [3.8, 4) is 0 Å². The van der Waals surface area contributed by atoms with Crippen LogP contribution in [0.5, 0.6) is 0 Å². The third kappa shape index (κ3) is 3.73. The first-order chi connectivity index (χ1) is 12.5. The Balaban J connectivity index is 1.35. The number of carbonyl (C=O) groups is 1. The third-order valence-electron chi connectivity index (χ3n) is 5.43. The highest BCUT2D eigenvalue weighted by Crippen LogP contribution is 2.41. The Morgan fingerprint density at radius 1 is 1.23 bits per heavy atom. The van der Waals surface area contributed by atoms with Crippen molar-refractivity contribution in [3.05, 3.63) is 35.1 Å². The van der Waals surface area contributed by atoms with Gasteiger partial charge in [0.25, 0.3) is 0 Å². The maximum Gasteiger partial charge on any atom is 0.223 e. The number of nitrogens with zero attached hydrogens (tertiary/aromatic N) is 4. The third-order valence-corrected chi connectivity index (χ3v) is 6.33. The molecule has 0 bridgehead atoms. The zero-order valence-electron chi connectivity index (χ0n) is 15.4. The topological polar surface area (TPSA) is 61.4 Å². The summed E-state index contributed by atoms with van der Waals surface area (Å²) < 4.78 is 0. The second kappa shape index (κ2) is 6.96. The molecule has 0 aromatic carbocycles. The molecule has 1 amide bonds. The number of amides is 1. The molecule has 1 N–H and O–H groups in total. The second-order valence-corrected chi connectivity index (χ2v) is 8.72. The minimum atomic E-state index is -0.0670. The molecule has 1 spiro atoms. The van der Waals surface area contributed by atoms with Gasteiger partial charge in [-0.3, -0.25) is 14.7 Å². The molecule has 1 unspecified atom stereocenters. The van der Waals surface area contributed by atoms with E-state index in [1.54, 1.807) is 11.3 Å². The predicted molar refractivity (Wildman–Crippen MR) is 105 cm³/mol. The van der Waals surface area contributed by atoms with Crippen LogP contribution >= 0.6 is 11.3 Å². The number of carbonyl (C=O) groups excluding carboxylic acids is 1. The normalized spacial score (nSPS) is 23.1. The zero-order valence-corrected chi connectivity index (χ0v) is 16.2. The van der Waals surface area contributed by atoms with Gasteiger partial charge in [-0.05, 0) is 38.4 Å². The highest BCUT2D eigenvalue weighted by atomic mass is 32.1. The van der Waals surface area contributed by atoms with E-state index in [1.807, 2.05) is 19.3 Å². The van der Waals surface area contributed by atoms with Crippen molar-refractivity contribution < 1.29 is 4.79 Å². The van der Waals surface area contributed by atoms with Gasteiger partial charge in [-0.25, -0.2) is 4.98 Å². The Labute approximate surface area is 158 Å². The van der Waals surface area contributed by atoms with E-state index >= 15 is 0 Å². The number of anilines is 2. The van der Waals surface area contributed by atoms with E-state index in [2.05, 4.69) is 37.2 Å². The highest BCUT2D eigenvalue weighted by molar-refractivity contribution is 7.15. The lowest BCUT2D eigenvalue weighted by atomic mass is 9.86. The first kappa shape index (κ1) is 17.4. The maximum atomic E-state index is 11.1. The van der Waals surface area contributed by atoms with Gasteiger partial charge >= 0.3 is 0 Å². The lowest BCUT2D eigenvalue weighted by Crippen LogP contribution is -2.30. The zero-order chi connectivity index (χ0) is 18.1. The van der Waals surface area contributed by atoms with Gasteiger partial charge in [-0.15, -0.1) is 11.3 Å². The maximum absolute atomic E-state index is 11.1. The van der Waals surface area contributed by atoms with Gasteiger partial charge in [0, 0.05) is 55.3 Å². The van der Waals surface area contributed by atoms with Crippen LogP contribution in [0, 0.1) is 12.3 Å². The van der Waals surface area contributed by atoms with E-state index in [-0.39, 0.29) is 5.91 Å². The number of rotatable bonds is 4. The molecule has 0 radical (unpaired) electrons. The summed E-state index contributed by atoms with van der Waals surface area (Å²) in [5, 5.41) is 3.46. The molecule has 2 saturated heterocycles. The number of hydrogen-bond donors (Lipinski definition) is 1. The van der Waals surface area contributed by atoms with Crippen LogP contribution in [0.2, 0.25) is 0 Å². The quantitative estimate of drug-likeness (QED) is 0.895. The van der Waals surface area contributed by atoms with Crippen LogP contribution in [0.15, 0.2) is 24.5 Å². The van der Waals surface area contributed by atoms with Gasteiger partial charge in [0.05, 0.1) is 11.9 Å². The summed E-state index contributed by atoms with van der Waals surface area (Å²) in [4.78, 5) is 26.1. The van der Waals surface area contributed by atoms with Gasteiger partial charge in [0.1, 0.15) is 0 Å². The van der Waals surface area contributed by atoms with E-state index in [1.165, 1.54) is 30.3 Å². The molecule has 7 heteroatoms. The average Bonchev–Trinajstić information content (AvgIpc) is 3.31. The SMILES string of the molecule is CC(=O)Nc1ncc(CN2CCC3(CCN(c4ccc(C)nc4)C3)C2)s1. The molecule has 2 fully saturated rings. The van der Waals surface area contributed by atoms with E-state index in [4.69, 9.17) is 0 Å². The molecule has 2 aromatic heterocycles. The first-order valence-corrected chi connectivity index (χ1v) is 9.95. The highest BCUT2D eigenvalue weighted by Gasteiger charge is 2.43. The van der Waals surface area contributed by atoms with E-state index < -0.39 is 0 Å². The number of hydrogen-bond acceptors (Lipinski definition) is 6. The number of pyridine rings is 1. The second-order valence-electron chi connectivity index (χ2n) is 7.60. The first-order valence-electron chi connectivity index (χ1n) is 9.14. The molecule has 2 aliphatic heterocycles. The van der Waals surface area contributed by atoms with Crippen molar-refractivity contribution in [1.82, 2.24) is 14.9 Å². The van der Waals surface area contributed by atoms with E-state index in [9.17, 15) is 4.79 Å². The molecule has 6 nitrogen and oxygen atoms in total. The Bertz CT molecular complexity index is 789. The van der Waals surface area contributed by atoms with Crippen molar-refractivity contribution >= 4 is 28.1 Å². The molecule has 2 aliphatic rings. The predicted octanol–water partition coefficient (Wildman–Crippen LogP) is 2.91. The minimum absolute atomic E-state index is 0.0670. The molecule has 4 rings (SSSR count). The van der Waals surface area contributed by atoms with Gasteiger partial charge in [-0.2, -0.15) is 0 Å². The summed E-state index contributed by atoms with van der Waals surface area (Å²) in [6.45, 7) is 8.97. The molecule has 1 atom stereocenters. The summed E-state index contributed by atoms with van der Waals surface area (Å²) in [6, 6.07) is 4.28. The monoisotopic (exact) mass is 371 g/mol. The fraction of sp³-hybridized carbons (Fsp3) is 0.526. The van der Waals surface area contributed by atoms with E-state index in [0.717, 1.165) is 38.4 Å². The molecule has 0 saturated carbocycles. The van der Waals surface area contributed by atoms with Gasteiger partial charge < -0.3 is 10.2 Å². The average molecular weight is 372 g/mol. The Kier molecular flexibility index (Phi) is 4.67. The fourth-order valence-electron chi connectivity index (χ4n) is 4.11. The Morgan fingerprint density at radius 3 is 2.85 bits per heavy atom. The molecular weight excluding hydrogens is 346 g/mol. The van der Waals surface area contributed by atoms with Crippen molar-refractivity contribution in [2.45, 2.75) is 33.2 Å². The van der Waals surface area contributed by atoms with Crippen LogP contribution in [-0.2, 0) is 11.3 Å². The van der Waals surface area contributed by atoms with Crippen LogP contribution in [0.25, 0.3) is 0 Å². The van der Waals surface area contributed by atoms with E-state index in [0.29, 0.717) is 10.5 Å². The van der Waals surface area contributed by atoms with Crippen LogP contribution in [0.3, 0.4) is 0 Å². The number of likely N-dealkylation sites (tertiary alicyclic amines) is 1. The molecule has 2 aromatic rings. The van der Waals surface area contributed by atoms with Crippen LogP contribution < -0.4 is 10.2 Å². The van der Waals surface area contributed by atoms with Crippen molar-refractivity contribution in [2.75, 3.05) is 36.4 Å². The molecule has 4 heterocycles. The summed E-state index contributed by atoms with van der Waals surface area (Å²) in [6.07, 6.45) is 6.39. The molecule has 138 valence electrons. The van der Waals surface area contributed by atoms with Crippen LogP contribution in [0.4, 0.5) is 10.8 Å². The molecular formula is C19H25N5OS. The summed E-state index contributed by atoms with van der Waals surface area (Å²) in [5.74, 6) is -0.0670. The minimum Gasteiger partial charge on any atom is -0.370 e. The standard InChI is InChI=1S/C19H25N5OS/c1-14-3-4-16(9-20-14)24-8-6-19(13-24)5-7-23(12-19)11-17-10-21-18(26-17)22-15(2)25/h3-4,9-10H,5-8,11-13H2,1-2H3,(H,21,22,25). The lowest BCUT2D eigenvalue weighted by Gasteiger charge is -2.25. The Morgan fingerprint density at radius 2 is 2.08 bits per heavy atom. The summed E-state index contributed by atoms with van der Waals surface area (Å²) in [5.41, 5.74) is 2.71. The fourth-order valence-corrected chi connectivity index (χ4v) is 5.01. The molecule has 26 heavy (non-hydrogen) atoms. The van der Waals surface area contributed by atoms with Crippen molar-refractivity contribution in [1.29, 1.82) is 0 Å². The largest absolute Gasteiger partial charge is 0.370 e. The number of nitrogens with one attached hydrogen (secondary N) is 1. The number of aromatic nitrogens is 2. The van der Waals surface area contributed by atoms with Crippen LogP contribution in [-0.4, -0.2) is 47.0 Å². The number of thiazole rings is 1. The van der Waals surface area contributed by atoms with Gasteiger partial charge in [0.2, 0.25) is 5.91 Å². The Hall–Kier alpha value is -1.99. The summed E-state index contributed by atoms with van der Waals surface area (Å²) in [7, 11) is 0. The van der Waals surface area contributed by atoms with Crippen molar-refractivity contribution in [2.24, 2.45) is 5.41 Å². The van der Waals surface area contributed by atoms with Gasteiger partial charge in [0.15, 0.2) is 5.13 Å². The summed E-state index contributed by atoms with van der Waals surface area (Å²) >= 11 is 1.57. The molecule has 0 aliphatic carbocycles. The smallest absolute Gasteiger partial charge is 0.223 e. The van der Waals surface area contributed by atoms with Crippen LogP contribution in [0.1, 0.15) is 30.3 Å².